The minimum Gasteiger partial charge on any atom is -0.406 e. The molecule has 1 aliphatic heterocycles. The predicted molar refractivity (Wildman–Crippen MR) is 113 cm³/mol. The molecule has 8 nitrogen and oxygen atoms in total. The van der Waals surface area contributed by atoms with E-state index in [0.29, 0.717) is 16.9 Å². The summed E-state index contributed by atoms with van der Waals surface area (Å²) in [5, 5.41) is 22.3. The standard InChI is InChI=1S/C22H18F4N4O4/c23-14-5-12(7-27-9-14)17-6-13(8-28-20(17)30-10-18(31)19(32)11-30)21(33)29-15-1-3-16(4-2-15)34-22(24,25)26/h1-9,18-19,31-32H,10-11H2,(H,29,33). The van der Waals surface area contributed by atoms with Crippen LogP contribution in [0.2, 0.25) is 0 Å². The second-order valence-corrected chi connectivity index (χ2v) is 7.55. The van der Waals surface area contributed by atoms with Gasteiger partial charge < -0.3 is 25.2 Å². The molecule has 2 aromatic heterocycles. The smallest absolute Gasteiger partial charge is 0.406 e. The number of halogens is 4. The van der Waals surface area contributed by atoms with Crippen molar-refractivity contribution in [1.29, 1.82) is 0 Å². The fourth-order valence-corrected chi connectivity index (χ4v) is 3.49. The van der Waals surface area contributed by atoms with E-state index in [2.05, 4.69) is 20.0 Å². The number of ether oxygens (including phenoxy) is 1. The molecule has 1 aliphatic rings. The molecule has 0 spiro atoms. The summed E-state index contributed by atoms with van der Waals surface area (Å²) in [6, 6.07) is 7.25. The number of hydrogen-bond acceptors (Lipinski definition) is 7. The molecule has 0 bridgehead atoms. The Hall–Kier alpha value is -3.77. The topological polar surface area (TPSA) is 108 Å². The number of amides is 1. The second-order valence-electron chi connectivity index (χ2n) is 7.55. The molecule has 1 saturated heterocycles. The van der Waals surface area contributed by atoms with E-state index in [1.165, 1.54) is 36.7 Å². The van der Waals surface area contributed by atoms with Gasteiger partial charge in [0.25, 0.3) is 5.91 Å². The number of nitrogens with zero attached hydrogens (tertiary/aromatic N) is 3. The van der Waals surface area contributed by atoms with Crippen LogP contribution in [0.1, 0.15) is 10.4 Å². The van der Waals surface area contributed by atoms with E-state index in [4.69, 9.17) is 0 Å². The SMILES string of the molecule is O=C(Nc1ccc(OC(F)(F)F)cc1)c1cnc(N2CC(O)C(O)C2)c(-c2cncc(F)c2)c1. The van der Waals surface area contributed by atoms with Gasteiger partial charge in [-0.2, -0.15) is 0 Å². The van der Waals surface area contributed by atoms with E-state index in [1.807, 2.05) is 0 Å². The van der Waals surface area contributed by atoms with Crippen molar-refractivity contribution in [2.45, 2.75) is 18.6 Å². The van der Waals surface area contributed by atoms with Crippen LogP contribution in [0.4, 0.5) is 29.1 Å². The summed E-state index contributed by atoms with van der Waals surface area (Å²) in [7, 11) is 0. The summed E-state index contributed by atoms with van der Waals surface area (Å²) >= 11 is 0. The first-order chi connectivity index (χ1) is 16.1. The summed E-state index contributed by atoms with van der Waals surface area (Å²) in [5.41, 5.74) is 0.957. The average molecular weight is 478 g/mol. The number of β-amino-alcohol motifs (C(OH)–C–C–N with tert-alkyl or cyclic N) is 2. The van der Waals surface area contributed by atoms with Crippen molar-refractivity contribution in [3.8, 4) is 16.9 Å². The fraction of sp³-hybridized carbons (Fsp3) is 0.227. The van der Waals surface area contributed by atoms with E-state index in [9.17, 15) is 32.6 Å². The quantitative estimate of drug-likeness (QED) is 0.484. The number of anilines is 2. The minimum absolute atomic E-state index is 0.0823. The summed E-state index contributed by atoms with van der Waals surface area (Å²) in [4.78, 5) is 22.5. The van der Waals surface area contributed by atoms with E-state index >= 15 is 0 Å². The van der Waals surface area contributed by atoms with Gasteiger partial charge in [0.2, 0.25) is 0 Å². The highest BCUT2D eigenvalue weighted by molar-refractivity contribution is 6.05. The lowest BCUT2D eigenvalue weighted by atomic mass is 10.1. The number of pyridine rings is 2. The Balaban J connectivity index is 1.61. The molecule has 4 rings (SSSR count). The van der Waals surface area contributed by atoms with Crippen molar-refractivity contribution in [3.63, 3.8) is 0 Å². The predicted octanol–water partition coefficient (Wildman–Crippen LogP) is 2.98. The Bertz CT molecular complexity index is 1180. The number of rotatable bonds is 5. The Kier molecular flexibility index (Phi) is 6.35. The van der Waals surface area contributed by atoms with Gasteiger partial charge in [0.05, 0.1) is 24.0 Å². The number of alkyl halides is 3. The number of nitrogens with one attached hydrogen (secondary N) is 1. The zero-order chi connectivity index (χ0) is 24.5. The van der Waals surface area contributed by atoms with Crippen molar-refractivity contribution < 1.29 is 37.3 Å². The van der Waals surface area contributed by atoms with E-state index < -0.39 is 36.0 Å². The van der Waals surface area contributed by atoms with Gasteiger partial charge in [-0.25, -0.2) is 9.37 Å². The molecule has 2 atom stereocenters. The summed E-state index contributed by atoms with van der Waals surface area (Å²) in [6.07, 6.45) is -3.16. The van der Waals surface area contributed by atoms with Crippen LogP contribution in [0.3, 0.4) is 0 Å². The molecule has 0 aliphatic carbocycles. The highest BCUT2D eigenvalue weighted by Gasteiger charge is 2.32. The van der Waals surface area contributed by atoms with Crippen molar-refractivity contribution in [2.75, 3.05) is 23.3 Å². The maximum Gasteiger partial charge on any atom is 0.573 e. The normalized spacial score (nSPS) is 18.1. The summed E-state index contributed by atoms with van der Waals surface area (Å²) in [5.74, 6) is -1.35. The van der Waals surface area contributed by atoms with Gasteiger partial charge in [0.1, 0.15) is 17.4 Å². The number of carbonyl (C=O) groups is 1. The van der Waals surface area contributed by atoms with E-state index in [1.54, 1.807) is 4.90 Å². The molecule has 3 aromatic rings. The van der Waals surface area contributed by atoms with E-state index in [-0.39, 0.29) is 24.3 Å². The van der Waals surface area contributed by atoms with Gasteiger partial charge in [-0.1, -0.05) is 0 Å². The van der Waals surface area contributed by atoms with Crippen LogP contribution in [0.15, 0.2) is 55.0 Å². The Morgan fingerprint density at radius 2 is 1.74 bits per heavy atom. The molecular weight excluding hydrogens is 460 g/mol. The summed E-state index contributed by atoms with van der Waals surface area (Å²) in [6.45, 7) is 0.170. The van der Waals surface area contributed by atoms with Gasteiger partial charge in [-0.3, -0.25) is 9.78 Å². The molecule has 3 heterocycles. The van der Waals surface area contributed by atoms with Crippen molar-refractivity contribution >= 4 is 17.4 Å². The molecule has 1 aromatic carbocycles. The Morgan fingerprint density at radius 3 is 2.35 bits per heavy atom. The second kappa shape index (κ2) is 9.23. The van der Waals surface area contributed by atoms with Crippen LogP contribution in [-0.4, -0.2) is 57.7 Å². The zero-order valence-electron chi connectivity index (χ0n) is 17.3. The number of aliphatic hydroxyl groups is 2. The molecule has 12 heteroatoms. The molecule has 3 N–H and O–H groups in total. The number of carbonyl (C=O) groups excluding carboxylic acids is 1. The molecule has 34 heavy (non-hydrogen) atoms. The molecule has 0 saturated carbocycles. The van der Waals surface area contributed by atoms with Gasteiger partial charge in [0, 0.05) is 42.3 Å². The number of aromatic nitrogens is 2. The van der Waals surface area contributed by atoms with Crippen molar-refractivity contribution in [3.05, 3.63) is 66.4 Å². The molecule has 2 unspecified atom stereocenters. The monoisotopic (exact) mass is 478 g/mol. The lowest BCUT2D eigenvalue weighted by Crippen LogP contribution is -2.23. The van der Waals surface area contributed by atoms with Gasteiger partial charge in [-0.15, -0.1) is 13.2 Å². The highest BCUT2D eigenvalue weighted by atomic mass is 19.4. The molecule has 1 amide bonds. The van der Waals surface area contributed by atoms with Crippen LogP contribution in [0.25, 0.3) is 11.1 Å². The summed E-state index contributed by atoms with van der Waals surface area (Å²) < 4.78 is 54.5. The largest absolute Gasteiger partial charge is 0.573 e. The number of hydrogen-bond donors (Lipinski definition) is 3. The van der Waals surface area contributed by atoms with Crippen LogP contribution >= 0.6 is 0 Å². The van der Waals surface area contributed by atoms with Gasteiger partial charge >= 0.3 is 6.36 Å². The number of benzene rings is 1. The Morgan fingerprint density at radius 1 is 1.06 bits per heavy atom. The van der Waals surface area contributed by atoms with Crippen LogP contribution in [0, 0.1) is 5.82 Å². The minimum atomic E-state index is -4.83. The van der Waals surface area contributed by atoms with Crippen molar-refractivity contribution in [1.82, 2.24) is 9.97 Å². The third-order valence-corrected chi connectivity index (χ3v) is 5.05. The lowest BCUT2D eigenvalue weighted by molar-refractivity contribution is -0.274. The molecule has 1 fully saturated rings. The first-order valence-corrected chi connectivity index (χ1v) is 9.98. The van der Waals surface area contributed by atoms with Gasteiger partial charge in [0.15, 0.2) is 0 Å². The Labute approximate surface area is 190 Å². The third-order valence-electron chi connectivity index (χ3n) is 5.05. The van der Waals surface area contributed by atoms with E-state index in [0.717, 1.165) is 18.3 Å². The molecule has 178 valence electrons. The highest BCUT2D eigenvalue weighted by Crippen LogP contribution is 2.32. The maximum absolute atomic E-state index is 13.8. The van der Waals surface area contributed by atoms with Crippen molar-refractivity contribution in [2.24, 2.45) is 0 Å². The first-order valence-electron chi connectivity index (χ1n) is 9.98. The van der Waals surface area contributed by atoms with Crippen LogP contribution in [-0.2, 0) is 0 Å². The maximum atomic E-state index is 13.8. The van der Waals surface area contributed by atoms with Crippen LogP contribution in [0.5, 0.6) is 5.75 Å². The number of aliphatic hydroxyl groups excluding tert-OH is 2. The fourth-order valence-electron chi connectivity index (χ4n) is 3.49. The first kappa shape index (κ1) is 23.4. The van der Waals surface area contributed by atoms with Gasteiger partial charge in [-0.05, 0) is 36.4 Å². The molecule has 0 radical (unpaired) electrons. The van der Waals surface area contributed by atoms with Crippen LogP contribution < -0.4 is 15.0 Å². The third kappa shape index (κ3) is 5.41. The zero-order valence-corrected chi connectivity index (χ0v) is 17.3. The molecular formula is C22H18F4N4O4. The lowest BCUT2D eigenvalue weighted by Gasteiger charge is -2.21. The average Bonchev–Trinajstić information content (AvgIpc) is 3.12.